The van der Waals surface area contributed by atoms with E-state index in [-0.39, 0.29) is 10.7 Å². The standard InChI is InChI=1S/C20H22ClN3O2S/c1-15(2)13-16-7-9-18(10-8-16)27(25,26)23-20-11-12-24(22-20)14-17-5-3-4-6-19(17)21/h3-12,15H,13-14H2,1-2H3,(H,22,23). The normalized spacial score (nSPS) is 11.7. The van der Waals surface area contributed by atoms with Gasteiger partial charge in [0.15, 0.2) is 5.82 Å². The lowest BCUT2D eigenvalue weighted by molar-refractivity contribution is 0.600. The molecule has 0 aliphatic carbocycles. The van der Waals surface area contributed by atoms with Gasteiger partial charge < -0.3 is 0 Å². The Morgan fingerprint density at radius 1 is 1.07 bits per heavy atom. The van der Waals surface area contributed by atoms with E-state index in [1.165, 1.54) is 0 Å². The Labute approximate surface area is 165 Å². The molecule has 27 heavy (non-hydrogen) atoms. The first-order valence-corrected chi connectivity index (χ1v) is 10.6. The van der Waals surface area contributed by atoms with Crippen LogP contribution in [0.4, 0.5) is 5.82 Å². The van der Waals surface area contributed by atoms with Gasteiger partial charge in [-0.2, -0.15) is 5.10 Å². The van der Waals surface area contributed by atoms with Crippen molar-refractivity contribution in [3.8, 4) is 0 Å². The van der Waals surface area contributed by atoms with Gasteiger partial charge in [-0.25, -0.2) is 8.42 Å². The molecule has 0 saturated carbocycles. The van der Waals surface area contributed by atoms with Crippen LogP contribution in [0.3, 0.4) is 0 Å². The van der Waals surface area contributed by atoms with E-state index in [1.807, 2.05) is 36.4 Å². The number of benzene rings is 2. The molecule has 5 nitrogen and oxygen atoms in total. The van der Waals surface area contributed by atoms with Gasteiger partial charge in [0.1, 0.15) is 0 Å². The number of halogens is 1. The van der Waals surface area contributed by atoms with Gasteiger partial charge in [0.05, 0.1) is 11.4 Å². The molecular formula is C20H22ClN3O2S. The molecule has 0 bridgehead atoms. The largest absolute Gasteiger partial charge is 0.266 e. The Bertz CT molecular complexity index is 1010. The number of nitrogens with one attached hydrogen (secondary N) is 1. The van der Waals surface area contributed by atoms with E-state index >= 15 is 0 Å². The van der Waals surface area contributed by atoms with Crippen LogP contribution in [0.25, 0.3) is 0 Å². The molecule has 0 aliphatic heterocycles. The number of aromatic nitrogens is 2. The molecule has 0 aliphatic rings. The van der Waals surface area contributed by atoms with E-state index in [9.17, 15) is 8.42 Å². The number of anilines is 1. The van der Waals surface area contributed by atoms with Crippen molar-refractivity contribution in [3.63, 3.8) is 0 Å². The Morgan fingerprint density at radius 3 is 2.44 bits per heavy atom. The summed E-state index contributed by atoms with van der Waals surface area (Å²) in [6, 6.07) is 16.1. The lowest BCUT2D eigenvalue weighted by Crippen LogP contribution is -2.14. The second-order valence-corrected chi connectivity index (χ2v) is 8.93. The number of nitrogens with zero attached hydrogens (tertiary/aromatic N) is 2. The molecule has 0 fully saturated rings. The Kier molecular flexibility index (Phi) is 5.87. The molecule has 7 heteroatoms. The van der Waals surface area contributed by atoms with E-state index in [0.29, 0.717) is 17.5 Å². The average molecular weight is 404 g/mol. The van der Waals surface area contributed by atoms with Crippen LogP contribution in [0, 0.1) is 5.92 Å². The molecule has 3 aromatic rings. The number of hydrogen-bond acceptors (Lipinski definition) is 3. The van der Waals surface area contributed by atoms with Crippen molar-refractivity contribution in [2.24, 2.45) is 5.92 Å². The third-order valence-electron chi connectivity index (χ3n) is 4.05. The van der Waals surface area contributed by atoms with Crippen molar-refractivity contribution < 1.29 is 8.42 Å². The van der Waals surface area contributed by atoms with Crippen molar-refractivity contribution >= 4 is 27.4 Å². The van der Waals surface area contributed by atoms with E-state index < -0.39 is 10.0 Å². The molecule has 1 heterocycles. The van der Waals surface area contributed by atoms with Gasteiger partial charge in [-0.3, -0.25) is 9.40 Å². The van der Waals surface area contributed by atoms with Crippen molar-refractivity contribution in [1.29, 1.82) is 0 Å². The Balaban J connectivity index is 1.71. The highest BCUT2D eigenvalue weighted by Crippen LogP contribution is 2.19. The van der Waals surface area contributed by atoms with Crippen molar-refractivity contribution in [1.82, 2.24) is 9.78 Å². The zero-order valence-electron chi connectivity index (χ0n) is 15.3. The summed E-state index contributed by atoms with van der Waals surface area (Å²) >= 11 is 6.16. The summed E-state index contributed by atoms with van der Waals surface area (Å²) in [5, 5.41) is 4.93. The van der Waals surface area contributed by atoms with Crippen LogP contribution in [0.2, 0.25) is 5.02 Å². The van der Waals surface area contributed by atoms with Gasteiger partial charge in [0.25, 0.3) is 10.0 Å². The topological polar surface area (TPSA) is 64.0 Å². The van der Waals surface area contributed by atoms with Gasteiger partial charge >= 0.3 is 0 Å². The third kappa shape index (κ3) is 5.11. The molecule has 0 radical (unpaired) electrons. The minimum absolute atomic E-state index is 0.218. The van der Waals surface area contributed by atoms with E-state index in [1.54, 1.807) is 29.1 Å². The summed E-state index contributed by atoms with van der Waals surface area (Å²) in [7, 11) is -3.68. The maximum Gasteiger partial charge on any atom is 0.263 e. The lowest BCUT2D eigenvalue weighted by Gasteiger charge is -2.08. The van der Waals surface area contributed by atoms with E-state index in [4.69, 9.17) is 11.6 Å². The second kappa shape index (κ2) is 8.15. The lowest BCUT2D eigenvalue weighted by atomic mass is 10.0. The van der Waals surface area contributed by atoms with Gasteiger partial charge in [-0.05, 0) is 41.7 Å². The molecule has 0 spiro atoms. The second-order valence-electron chi connectivity index (χ2n) is 6.84. The molecule has 0 atom stereocenters. The summed E-state index contributed by atoms with van der Waals surface area (Å²) in [6.07, 6.45) is 2.63. The van der Waals surface area contributed by atoms with E-state index in [0.717, 1.165) is 17.5 Å². The molecule has 3 rings (SSSR count). The average Bonchev–Trinajstić information content (AvgIpc) is 3.03. The third-order valence-corrected chi connectivity index (χ3v) is 5.79. The summed E-state index contributed by atoms with van der Waals surface area (Å²) in [6.45, 7) is 4.72. The zero-order chi connectivity index (χ0) is 19.4. The highest BCUT2D eigenvalue weighted by molar-refractivity contribution is 7.92. The first kappa shape index (κ1) is 19.5. The summed E-state index contributed by atoms with van der Waals surface area (Å²) < 4.78 is 29.3. The molecule has 142 valence electrons. The minimum Gasteiger partial charge on any atom is -0.266 e. The quantitative estimate of drug-likeness (QED) is 0.627. The van der Waals surface area contributed by atoms with Crippen LogP contribution in [-0.2, 0) is 23.0 Å². The summed E-state index contributed by atoms with van der Waals surface area (Å²) in [5.74, 6) is 0.793. The minimum atomic E-state index is -3.68. The first-order chi connectivity index (χ1) is 12.8. The molecule has 2 aromatic carbocycles. The SMILES string of the molecule is CC(C)Cc1ccc(S(=O)(=O)Nc2ccn(Cc3ccccc3Cl)n2)cc1. The maximum atomic E-state index is 12.6. The van der Waals surface area contributed by atoms with E-state index in [2.05, 4.69) is 23.7 Å². The van der Waals surface area contributed by atoms with Crippen molar-refractivity contribution in [2.45, 2.75) is 31.7 Å². The van der Waals surface area contributed by atoms with Gasteiger partial charge in [-0.15, -0.1) is 0 Å². The fourth-order valence-electron chi connectivity index (χ4n) is 2.78. The molecule has 0 amide bonds. The summed E-state index contributed by atoms with van der Waals surface area (Å²) in [4.78, 5) is 0.218. The monoisotopic (exact) mass is 403 g/mol. The fourth-order valence-corrected chi connectivity index (χ4v) is 3.97. The number of hydrogen-bond donors (Lipinski definition) is 1. The molecule has 0 saturated heterocycles. The van der Waals surface area contributed by atoms with Crippen LogP contribution in [0.1, 0.15) is 25.0 Å². The highest BCUT2D eigenvalue weighted by Gasteiger charge is 2.16. The summed E-state index contributed by atoms with van der Waals surface area (Å²) in [5.41, 5.74) is 2.03. The van der Waals surface area contributed by atoms with Crippen molar-refractivity contribution in [2.75, 3.05) is 4.72 Å². The predicted octanol–water partition coefficient (Wildman–Crippen LogP) is 4.58. The predicted molar refractivity (Wildman–Crippen MR) is 109 cm³/mol. The van der Waals surface area contributed by atoms with Crippen molar-refractivity contribution in [3.05, 3.63) is 76.9 Å². The van der Waals surface area contributed by atoms with Crippen LogP contribution in [0.5, 0.6) is 0 Å². The first-order valence-electron chi connectivity index (χ1n) is 8.72. The zero-order valence-corrected chi connectivity index (χ0v) is 16.8. The van der Waals surface area contributed by atoms with Crippen LogP contribution in [0.15, 0.2) is 65.7 Å². The van der Waals surface area contributed by atoms with Gasteiger partial charge in [-0.1, -0.05) is 55.8 Å². The van der Waals surface area contributed by atoms with Crippen LogP contribution in [-0.4, -0.2) is 18.2 Å². The highest BCUT2D eigenvalue weighted by atomic mass is 35.5. The van der Waals surface area contributed by atoms with Gasteiger partial charge in [0, 0.05) is 17.3 Å². The number of sulfonamides is 1. The van der Waals surface area contributed by atoms with Gasteiger partial charge in [0.2, 0.25) is 0 Å². The fraction of sp³-hybridized carbons (Fsp3) is 0.250. The molecule has 1 N–H and O–H groups in total. The molecule has 1 aromatic heterocycles. The van der Waals surface area contributed by atoms with Crippen LogP contribution < -0.4 is 4.72 Å². The molecule has 0 unspecified atom stereocenters. The Hall–Kier alpha value is -2.31. The maximum absolute atomic E-state index is 12.6. The molecular weight excluding hydrogens is 382 g/mol. The van der Waals surface area contributed by atoms with Crippen LogP contribution >= 0.6 is 11.6 Å². The number of rotatable bonds is 7. The Morgan fingerprint density at radius 2 is 1.78 bits per heavy atom. The smallest absolute Gasteiger partial charge is 0.263 e.